The Bertz CT molecular complexity index is 244. The second-order valence-electron chi connectivity index (χ2n) is 3.75. The molecule has 72 valence electrons. The van der Waals surface area contributed by atoms with Gasteiger partial charge in [0, 0.05) is 12.2 Å². The molecule has 1 aromatic rings. The highest BCUT2D eigenvalue weighted by Crippen LogP contribution is 2.25. The molecule has 2 atom stereocenters. The zero-order valence-electron chi connectivity index (χ0n) is 7.76. The maximum atomic E-state index is 6.08. The highest BCUT2D eigenvalue weighted by molar-refractivity contribution is 4.82. The minimum Gasteiger partial charge on any atom is -0.326 e. The van der Waals surface area contributed by atoms with Crippen LogP contribution in [0.1, 0.15) is 38.1 Å². The summed E-state index contributed by atoms with van der Waals surface area (Å²) in [4.78, 5) is 0. The van der Waals surface area contributed by atoms with Crippen LogP contribution in [0.25, 0.3) is 0 Å². The van der Waals surface area contributed by atoms with E-state index in [1.165, 1.54) is 19.3 Å². The molecule has 0 unspecified atom stereocenters. The first-order valence-corrected chi connectivity index (χ1v) is 4.99. The van der Waals surface area contributed by atoms with Crippen LogP contribution >= 0.6 is 0 Å². The second kappa shape index (κ2) is 3.87. The van der Waals surface area contributed by atoms with Crippen molar-refractivity contribution in [1.82, 2.24) is 15.0 Å². The number of hydrogen-bond donors (Lipinski definition) is 1. The molecule has 0 radical (unpaired) electrons. The highest BCUT2D eigenvalue weighted by atomic mass is 15.4. The Kier molecular flexibility index (Phi) is 2.59. The van der Waals surface area contributed by atoms with Crippen LogP contribution in [0, 0.1) is 0 Å². The maximum absolute atomic E-state index is 6.08. The zero-order chi connectivity index (χ0) is 9.10. The van der Waals surface area contributed by atoms with Crippen LogP contribution in [0.3, 0.4) is 0 Å². The molecule has 1 aromatic heterocycles. The lowest BCUT2D eigenvalue weighted by molar-refractivity contribution is 0.351. The lowest BCUT2D eigenvalue weighted by Gasteiger charge is -2.20. The van der Waals surface area contributed by atoms with Gasteiger partial charge in [0.1, 0.15) is 0 Å². The summed E-state index contributed by atoms with van der Waals surface area (Å²) in [5, 5.41) is 7.84. The fourth-order valence-electron chi connectivity index (χ4n) is 2.04. The maximum Gasteiger partial charge on any atom is 0.0693 e. The molecule has 13 heavy (non-hydrogen) atoms. The van der Waals surface area contributed by atoms with Gasteiger partial charge >= 0.3 is 0 Å². The molecular formula is C9H16N4. The normalized spacial score (nSPS) is 29.9. The average molecular weight is 180 g/mol. The van der Waals surface area contributed by atoms with E-state index in [0.29, 0.717) is 6.04 Å². The van der Waals surface area contributed by atoms with Crippen molar-refractivity contribution in [3.63, 3.8) is 0 Å². The molecule has 4 nitrogen and oxygen atoms in total. The smallest absolute Gasteiger partial charge is 0.0693 e. The van der Waals surface area contributed by atoms with Gasteiger partial charge in [0.2, 0.25) is 0 Å². The van der Waals surface area contributed by atoms with Gasteiger partial charge in [0.05, 0.1) is 12.2 Å². The number of hydrogen-bond acceptors (Lipinski definition) is 3. The molecule has 0 aromatic carbocycles. The number of rotatable bonds is 1. The molecular weight excluding hydrogens is 164 g/mol. The Hall–Kier alpha value is -0.900. The van der Waals surface area contributed by atoms with Crippen LogP contribution in [-0.2, 0) is 0 Å². The molecule has 0 amide bonds. The summed E-state index contributed by atoms with van der Waals surface area (Å²) in [5.74, 6) is 0. The van der Waals surface area contributed by atoms with Crippen molar-refractivity contribution in [3.8, 4) is 0 Å². The Morgan fingerprint density at radius 3 is 2.85 bits per heavy atom. The van der Waals surface area contributed by atoms with Crippen molar-refractivity contribution in [1.29, 1.82) is 0 Å². The lowest BCUT2D eigenvalue weighted by atomic mass is 10.0. The number of nitrogens with zero attached hydrogens (tertiary/aromatic N) is 3. The van der Waals surface area contributed by atoms with Crippen LogP contribution in [0.5, 0.6) is 0 Å². The monoisotopic (exact) mass is 180 g/mol. The predicted molar refractivity (Wildman–Crippen MR) is 50.1 cm³/mol. The van der Waals surface area contributed by atoms with Gasteiger partial charge in [0.15, 0.2) is 0 Å². The first-order chi connectivity index (χ1) is 6.38. The molecule has 1 heterocycles. The third-order valence-electron chi connectivity index (χ3n) is 2.81. The lowest BCUT2D eigenvalue weighted by Crippen LogP contribution is -2.31. The van der Waals surface area contributed by atoms with Gasteiger partial charge in [0.25, 0.3) is 0 Å². The molecule has 4 heteroatoms. The van der Waals surface area contributed by atoms with Crippen molar-refractivity contribution < 1.29 is 0 Å². The molecule has 0 aliphatic heterocycles. The van der Waals surface area contributed by atoms with Crippen molar-refractivity contribution >= 4 is 0 Å². The molecule has 1 aliphatic rings. The van der Waals surface area contributed by atoms with Gasteiger partial charge in [-0.3, -0.25) is 0 Å². The topological polar surface area (TPSA) is 56.7 Å². The van der Waals surface area contributed by atoms with E-state index in [-0.39, 0.29) is 6.04 Å². The third-order valence-corrected chi connectivity index (χ3v) is 2.81. The van der Waals surface area contributed by atoms with Crippen LogP contribution in [0.4, 0.5) is 0 Å². The summed E-state index contributed by atoms with van der Waals surface area (Å²) in [5.41, 5.74) is 6.08. The summed E-state index contributed by atoms with van der Waals surface area (Å²) in [6.45, 7) is 0. The van der Waals surface area contributed by atoms with Crippen molar-refractivity contribution in [2.75, 3.05) is 0 Å². The molecule has 0 spiro atoms. The molecule has 2 rings (SSSR count). The van der Waals surface area contributed by atoms with E-state index >= 15 is 0 Å². The molecule has 0 saturated heterocycles. The third kappa shape index (κ3) is 1.88. The SMILES string of the molecule is N[C@@H]1CCCCC[C@@H]1n1ccnn1. The van der Waals surface area contributed by atoms with E-state index in [1.807, 2.05) is 10.9 Å². The summed E-state index contributed by atoms with van der Waals surface area (Å²) < 4.78 is 1.91. The van der Waals surface area contributed by atoms with Crippen LogP contribution in [0.15, 0.2) is 12.4 Å². The highest BCUT2D eigenvalue weighted by Gasteiger charge is 2.22. The first-order valence-electron chi connectivity index (χ1n) is 4.99. The molecule has 1 fully saturated rings. The van der Waals surface area contributed by atoms with Crippen LogP contribution < -0.4 is 5.73 Å². The molecule has 2 N–H and O–H groups in total. The molecule has 0 bridgehead atoms. The first kappa shape index (κ1) is 8.69. The summed E-state index contributed by atoms with van der Waals surface area (Å²) in [6.07, 6.45) is 9.71. The van der Waals surface area contributed by atoms with Crippen molar-refractivity contribution in [2.24, 2.45) is 5.73 Å². The molecule has 1 saturated carbocycles. The van der Waals surface area contributed by atoms with Gasteiger partial charge in [-0.05, 0) is 12.8 Å². The van der Waals surface area contributed by atoms with E-state index in [0.717, 1.165) is 12.8 Å². The predicted octanol–water partition coefficient (Wildman–Crippen LogP) is 1.11. The average Bonchev–Trinajstić information content (AvgIpc) is 2.56. The van der Waals surface area contributed by atoms with Crippen molar-refractivity contribution in [3.05, 3.63) is 12.4 Å². The number of nitrogens with two attached hydrogens (primary N) is 1. The van der Waals surface area contributed by atoms with E-state index < -0.39 is 0 Å². The van der Waals surface area contributed by atoms with E-state index in [4.69, 9.17) is 5.73 Å². The van der Waals surface area contributed by atoms with Gasteiger partial charge in [-0.1, -0.05) is 24.5 Å². The van der Waals surface area contributed by atoms with Gasteiger partial charge in [-0.2, -0.15) is 0 Å². The summed E-state index contributed by atoms with van der Waals surface area (Å²) in [6, 6.07) is 0.620. The van der Waals surface area contributed by atoms with Crippen LogP contribution in [-0.4, -0.2) is 21.0 Å². The quantitative estimate of drug-likeness (QED) is 0.659. The van der Waals surface area contributed by atoms with Crippen LogP contribution in [0.2, 0.25) is 0 Å². The largest absolute Gasteiger partial charge is 0.326 e. The van der Waals surface area contributed by atoms with E-state index in [9.17, 15) is 0 Å². The zero-order valence-corrected chi connectivity index (χ0v) is 7.76. The Morgan fingerprint density at radius 2 is 2.08 bits per heavy atom. The van der Waals surface area contributed by atoms with Gasteiger partial charge < -0.3 is 5.73 Å². The Balaban J connectivity index is 2.11. The fraction of sp³-hybridized carbons (Fsp3) is 0.778. The number of aromatic nitrogens is 3. The Labute approximate surface area is 78.1 Å². The minimum absolute atomic E-state index is 0.254. The second-order valence-corrected chi connectivity index (χ2v) is 3.75. The van der Waals surface area contributed by atoms with Gasteiger partial charge in [-0.25, -0.2) is 4.68 Å². The summed E-state index contributed by atoms with van der Waals surface area (Å²) in [7, 11) is 0. The summed E-state index contributed by atoms with van der Waals surface area (Å²) >= 11 is 0. The fourth-order valence-corrected chi connectivity index (χ4v) is 2.04. The standard InChI is InChI=1S/C9H16N4/c10-8-4-2-1-3-5-9(8)13-7-6-11-12-13/h6-9H,1-5,10H2/t8-,9+/m1/s1. The Morgan fingerprint density at radius 1 is 1.23 bits per heavy atom. The minimum atomic E-state index is 0.254. The molecule has 1 aliphatic carbocycles. The van der Waals surface area contributed by atoms with Gasteiger partial charge in [-0.15, -0.1) is 5.10 Å². The van der Waals surface area contributed by atoms with Crippen molar-refractivity contribution in [2.45, 2.75) is 44.2 Å². The van der Waals surface area contributed by atoms with E-state index in [2.05, 4.69) is 10.3 Å². The van der Waals surface area contributed by atoms with E-state index in [1.54, 1.807) is 6.20 Å².